The molecule has 1 fully saturated rings. The van der Waals surface area contributed by atoms with Crippen molar-refractivity contribution in [3.63, 3.8) is 0 Å². The molecule has 0 aliphatic carbocycles. The van der Waals surface area contributed by atoms with Crippen molar-refractivity contribution in [1.29, 1.82) is 0 Å². The van der Waals surface area contributed by atoms with Crippen molar-refractivity contribution < 1.29 is 23.8 Å². The lowest BCUT2D eigenvalue weighted by molar-refractivity contribution is -0.117. The van der Waals surface area contributed by atoms with Crippen LogP contribution in [0.1, 0.15) is 6.42 Å². The molecule has 29 heavy (non-hydrogen) atoms. The average Bonchev–Trinajstić information content (AvgIpc) is 3.12. The Morgan fingerprint density at radius 3 is 2.31 bits per heavy atom. The van der Waals surface area contributed by atoms with Crippen molar-refractivity contribution in [3.05, 3.63) is 42.5 Å². The molecule has 1 heterocycles. The number of nitrogens with zero attached hydrogens (tertiary/aromatic N) is 1. The summed E-state index contributed by atoms with van der Waals surface area (Å²) in [6, 6.07) is 12.5. The van der Waals surface area contributed by atoms with E-state index in [0.29, 0.717) is 42.4 Å². The number of benzene rings is 2. The van der Waals surface area contributed by atoms with Gasteiger partial charge < -0.3 is 29.7 Å². The van der Waals surface area contributed by atoms with Crippen LogP contribution in [0.4, 0.5) is 16.2 Å². The zero-order chi connectivity index (χ0) is 20.8. The van der Waals surface area contributed by atoms with Gasteiger partial charge in [0.15, 0.2) is 11.5 Å². The van der Waals surface area contributed by atoms with Crippen LogP contribution in [-0.2, 0) is 4.79 Å². The molecule has 1 atom stereocenters. The van der Waals surface area contributed by atoms with Crippen LogP contribution in [-0.4, -0.2) is 46.4 Å². The molecule has 154 valence electrons. The van der Waals surface area contributed by atoms with Gasteiger partial charge in [-0.3, -0.25) is 4.79 Å². The second-order valence-electron chi connectivity index (χ2n) is 6.66. The van der Waals surface area contributed by atoms with E-state index in [2.05, 4.69) is 10.6 Å². The van der Waals surface area contributed by atoms with E-state index >= 15 is 0 Å². The topological polar surface area (TPSA) is 89.1 Å². The summed E-state index contributed by atoms with van der Waals surface area (Å²) in [5.41, 5.74) is 1.38. The summed E-state index contributed by atoms with van der Waals surface area (Å²) in [5.74, 6) is 1.46. The largest absolute Gasteiger partial charge is 0.493 e. The Labute approximate surface area is 169 Å². The van der Waals surface area contributed by atoms with Crippen LogP contribution in [0.2, 0.25) is 0 Å². The lowest BCUT2D eigenvalue weighted by atomic mass is 10.1. The van der Waals surface area contributed by atoms with Gasteiger partial charge >= 0.3 is 6.03 Å². The van der Waals surface area contributed by atoms with Crippen molar-refractivity contribution in [1.82, 2.24) is 5.32 Å². The number of para-hydroxylation sites is 1. The molecule has 0 aromatic heterocycles. The maximum atomic E-state index is 12.3. The lowest BCUT2D eigenvalue weighted by Crippen LogP contribution is -2.34. The number of carbonyl (C=O) groups is 2. The third-order valence-corrected chi connectivity index (χ3v) is 4.75. The van der Waals surface area contributed by atoms with E-state index in [1.54, 1.807) is 17.0 Å². The standard InChI is InChI=1S/C21H25N3O5/c1-27-17-10-15(11-18(28-2)20(17)29-3)23-21(26)22-12-14-9-19(25)24(13-14)16-7-5-4-6-8-16/h4-8,10-11,14H,9,12-13H2,1-3H3,(H2,22,23,26)/t14-/m0/s1. The van der Waals surface area contributed by atoms with Crippen LogP contribution in [0.3, 0.4) is 0 Å². The second kappa shape index (κ2) is 9.18. The average molecular weight is 399 g/mol. The van der Waals surface area contributed by atoms with E-state index < -0.39 is 0 Å². The fourth-order valence-corrected chi connectivity index (χ4v) is 3.34. The van der Waals surface area contributed by atoms with Gasteiger partial charge in [-0.1, -0.05) is 18.2 Å². The highest BCUT2D eigenvalue weighted by molar-refractivity contribution is 5.96. The molecule has 0 radical (unpaired) electrons. The minimum atomic E-state index is -0.370. The molecule has 1 saturated heterocycles. The van der Waals surface area contributed by atoms with Crippen molar-refractivity contribution in [2.75, 3.05) is 44.6 Å². The molecule has 2 aromatic carbocycles. The third-order valence-electron chi connectivity index (χ3n) is 4.75. The predicted octanol–water partition coefficient (Wildman–Crippen LogP) is 2.89. The minimum absolute atomic E-state index is 0.0494. The molecule has 8 nitrogen and oxygen atoms in total. The quantitative estimate of drug-likeness (QED) is 0.747. The van der Waals surface area contributed by atoms with Crippen LogP contribution < -0.4 is 29.7 Å². The lowest BCUT2D eigenvalue weighted by Gasteiger charge is -2.17. The number of anilines is 2. The number of hydrogen-bond donors (Lipinski definition) is 2. The highest BCUT2D eigenvalue weighted by Crippen LogP contribution is 2.39. The number of hydrogen-bond acceptors (Lipinski definition) is 5. The van der Waals surface area contributed by atoms with E-state index in [-0.39, 0.29) is 17.9 Å². The van der Waals surface area contributed by atoms with Crippen molar-refractivity contribution in [3.8, 4) is 17.2 Å². The Bertz CT molecular complexity index is 847. The van der Waals surface area contributed by atoms with E-state index in [1.807, 2.05) is 30.3 Å². The molecule has 2 aromatic rings. The Morgan fingerprint density at radius 2 is 1.72 bits per heavy atom. The van der Waals surface area contributed by atoms with Crippen LogP contribution in [0.25, 0.3) is 0 Å². The number of carbonyl (C=O) groups excluding carboxylic acids is 2. The molecule has 3 amide bonds. The Hall–Kier alpha value is -3.42. The molecule has 1 aliphatic rings. The molecule has 8 heteroatoms. The van der Waals surface area contributed by atoms with Gasteiger partial charge in [-0.25, -0.2) is 4.79 Å². The highest BCUT2D eigenvalue weighted by Gasteiger charge is 2.30. The maximum absolute atomic E-state index is 12.3. The fourth-order valence-electron chi connectivity index (χ4n) is 3.34. The van der Waals surface area contributed by atoms with E-state index in [9.17, 15) is 9.59 Å². The second-order valence-corrected chi connectivity index (χ2v) is 6.66. The first-order valence-corrected chi connectivity index (χ1v) is 9.26. The molecule has 1 aliphatic heterocycles. The summed E-state index contributed by atoms with van der Waals surface area (Å²) in [5, 5.41) is 5.58. The molecular formula is C21H25N3O5. The minimum Gasteiger partial charge on any atom is -0.493 e. The molecule has 0 saturated carbocycles. The van der Waals surface area contributed by atoms with Crippen molar-refractivity contribution in [2.24, 2.45) is 5.92 Å². The van der Waals surface area contributed by atoms with Gasteiger partial charge in [-0.15, -0.1) is 0 Å². The smallest absolute Gasteiger partial charge is 0.319 e. The molecule has 3 rings (SSSR count). The zero-order valence-corrected chi connectivity index (χ0v) is 16.7. The predicted molar refractivity (Wildman–Crippen MR) is 110 cm³/mol. The van der Waals surface area contributed by atoms with Crippen LogP contribution in [0.15, 0.2) is 42.5 Å². The summed E-state index contributed by atoms with van der Waals surface area (Å²) in [6.07, 6.45) is 0.402. The Balaban J connectivity index is 1.57. The summed E-state index contributed by atoms with van der Waals surface area (Å²) >= 11 is 0. The van der Waals surface area contributed by atoms with Crippen LogP contribution >= 0.6 is 0 Å². The summed E-state index contributed by atoms with van der Waals surface area (Å²) in [4.78, 5) is 26.4. The first kappa shape index (κ1) is 20.3. The van der Waals surface area contributed by atoms with Gasteiger partial charge in [0.25, 0.3) is 0 Å². The third kappa shape index (κ3) is 4.71. The molecule has 2 N–H and O–H groups in total. The van der Waals surface area contributed by atoms with Gasteiger partial charge in [-0.05, 0) is 12.1 Å². The number of nitrogens with one attached hydrogen (secondary N) is 2. The van der Waals surface area contributed by atoms with E-state index in [4.69, 9.17) is 14.2 Å². The number of ether oxygens (including phenoxy) is 3. The first-order valence-electron chi connectivity index (χ1n) is 9.26. The maximum Gasteiger partial charge on any atom is 0.319 e. The molecule has 0 spiro atoms. The van der Waals surface area contributed by atoms with Crippen LogP contribution in [0.5, 0.6) is 17.2 Å². The fraction of sp³-hybridized carbons (Fsp3) is 0.333. The number of amides is 3. The SMILES string of the molecule is COc1cc(NC(=O)NC[C@@H]2CC(=O)N(c3ccccc3)C2)cc(OC)c1OC. The number of urea groups is 1. The zero-order valence-electron chi connectivity index (χ0n) is 16.7. The Morgan fingerprint density at radius 1 is 1.07 bits per heavy atom. The van der Waals surface area contributed by atoms with Gasteiger partial charge in [0.2, 0.25) is 11.7 Å². The monoisotopic (exact) mass is 399 g/mol. The van der Waals surface area contributed by atoms with E-state index in [0.717, 1.165) is 5.69 Å². The number of rotatable bonds is 7. The Kier molecular flexibility index (Phi) is 6.43. The molecular weight excluding hydrogens is 374 g/mol. The van der Waals surface area contributed by atoms with Gasteiger partial charge in [0, 0.05) is 43.2 Å². The first-order chi connectivity index (χ1) is 14.0. The van der Waals surface area contributed by atoms with Gasteiger partial charge in [0.1, 0.15) is 0 Å². The molecule has 0 bridgehead atoms. The van der Waals surface area contributed by atoms with Gasteiger partial charge in [0.05, 0.1) is 27.0 Å². The van der Waals surface area contributed by atoms with Gasteiger partial charge in [-0.2, -0.15) is 0 Å². The normalized spacial score (nSPS) is 15.8. The summed E-state index contributed by atoms with van der Waals surface area (Å²) in [7, 11) is 4.54. The number of methoxy groups -OCH3 is 3. The van der Waals surface area contributed by atoms with E-state index in [1.165, 1.54) is 21.3 Å². The van der Waals surface area contributed by atoms with Crippen molar-refractivity contribution in [2.45, 2.75) is 6.42 Å². The van der Waals surface area contributed by atoms with Crippen molar-refractivity contribution >= 4 is 23.3 Å². The summed E-state index contributed by atoms with van der Waals surface area (Å²) < 4.78 is 15.9. The highest BCUT2D eigenvalue weighted by atomic mass is 16.5. The summed E-state index contributed by atoms with van der Waals surface area (Å²) in [6.45, 7) is 0.971. The molecule has 0 unspecified atom stereocenters. The van der Waals surface area contributed by atoms with Crippen LogP contribution in [0, 0.1) is 5.92 Å².